The quantitative estimate of drug-likeness (QED) is 0.0727. The molecule has 0 spiro atoms. The topological polar surface area (TPSA) is 79.5 Å². The highest BCUT2D eigenvalue weighted by atomic mass is 16.5. The molecule has 7 aromatic rings. The number of carboxylic acid groups (broad SMARTS) is 1. The van der Waals surface area contributed by atoms with Crippen LogP contribution >= 0.6 is 0 Å². The summed E-state index contributed by atoms with van der Waals surface area (Å²) in [7, 11) is 0. The number of hydrogen-bond donors (Lipinski definition) is 1. The molecule has 0 aliphatic carbocycles. The lowest BCUT2D eigenvalue weighted by atomic mass is 9.91. The first-order valence-corrected chi connectivity index (χ1v) is 25.8. The lowest BCUT2D eigenvalue weighted by Crippen LogP contribution is -2.08. The van der Waals surface area contributed by atoms with Crippen LogP contribution in [0.3, 0.4) is 0 Å². The maximum Gasteiger partial charge on any atom is 0.335 e. The number of aromatic carboxylic acids is 1. The highest BCUT2D eigenvalue weighted by Crippen LogP contribution is 2.34. The molecule has 5 nitrogen and oxygen atoms in total. The highest BCUT2D eigenvalue weighted by molar-refractivity contribution is 6.10. The number of rotatable bonds is 17. The molecule has 0 saturated carbocycles. The van der Waals surface area contributed by atoms with Gasteiger partial charge in [-0.1, -0.05) is 194 Å². The molecule has 0 radical (unpaired) electrons. The van der Waals surface area contributed by atoms with Crippen LogP contribution in [0.15, 0.2) is 133 Å². The van der Waals surface area contributed by atoms with Crippen molar-refractivity contribution in [2.24, 2.45) is 23.7 Å². The predicted molar refractivity (Wildman–Crippen MR) is 299 cm³/mol. The van der Waals surface area contributed by atoms with Crippen molar-refractivity contribution in [3.05, 3.63) is 189 Å². The van der Waals surface area contributed by atoms with E-state index in [0.717, 1.165) is 62.2 Å². The van der Waals surface area contributed by atoms with E-state index in [1.807, 2.05) is 78.9 Å². The molecule has 7 aromatic carbocycles. The number of carbonyl (C=O) groups is 1. The Balaban J connectivity index is 1.27. The lowest BCUT2D eigenvalue weighted by molar-refractivity contribution is 0.0697. The average Bonchev–Trinajstić information content (AvgIpc) is 3.39. The Morgan fingerprint density at radius 3 is 1.36 bits per heavy atom. The van der Waals surface area contributed by atoms with Gasteiger partial charge in [0.25, 0.3) is 0 Å². The van der Waals surface area contributed by atoms with Gasteiger partial charge in [0, 0.05) is 45.5 Å². The molecule has 0 fully saturated rings. The molecule has 0 aromatic heterocycles. The van der Waals surface area contributed by atoms with Gasteiger partial charge in [0.2, 0.25) is 0 Å². The Morgan fingerprint density at radius 1 is 0.452 bits per heavy atom. The van der Waals surface area contributed by atoms with Crippen LogP contribution in [0, 0.1) is 82.4 Å². The molecule has 5 heteroatoms. The molecule has 0 heterocycles. The average molecular weight is 960 g/mol. The van der Waals surface area contributed by atoms with Crippen LogP contribution in [0.5, 0.6) is 11.5 Å². The zero-order valence-electron chi connectivity index (χ0n) is 43.2. The second-order valence-corrected chi connectivity index (χ2v) is 19.9. The number of fused-ring (bicyclic) bond motifs is 2. The molecule has 0 aliphatic rings. The van der Waals surface area contributed by atoms with Gasteiger partial charge in [0.15, 0.2) is 0 Å². The maximum atomic E-state index is 11.3. The van der Waals surface area contributed by atoms with Crippen LogP contribution in [0.1, 0.15) is 153 Å². The van der Waals surface area contributed by atoms with Gasteiger partial charge in [-0.2, -0.15) is 5.26 Å². The van der Waals surface area contributed by atoms with E-state index in [1.54, 1.807) is 18.2 Å². The minimum atomic E-state index is -0.991. The molecule has 2 unspecified atom stereocenters. The van der Waals surface area contributed by atoms with E-state index in [4.69, 9.17) is 9.47 Å². The Labute approximate surface area is 434 Å². The number of carboxylic acids is 1. The van der Waals surface area contributed by atoms with E-state index in [1.165, 1.54) is 50.7 Å². The van der Waals surface area contributed by atoms with Gasteiger partial charge in [-0.15, -0.1) is 0 Å². The molecule has 0 bridgehead atoms. The normalized spacial score (nSPS) is 11.5. The smallest absolute Gasteiger partial charge is 0.335 e. The van der Waals surface area contributed by atoms with E-state index >= 15 is 0 Å². The van der Waals surface area contributed by atoms with Gasteiger partial charge in [0.1, 0.15) is 17.6 Å². The third-order valence-electron chi connectivity index (χ3n) is 13.1. The zero-order chi connectivity index (χ0) is 51.5. The SMILES string of the molecule is CC(C)CCCC(C)CCOc1cc(C#Cc2c3ccccc3c(C#Cc3ccc(C#Cc4ccc(C(=O)O)cc4)cc3C#N)c3ccccc23)c(OCCC(C)CCCC(C)C)cc1C#Cc1ccccc1. The Hall–Kier alpha value is -8.14. The summed E-state index contributed by atoms with van der Waals surface area (Å²) in [5.41, 5.74) is 6.67. The monoisotopic (exact) mass is 959 g/mol. The van der Waals surface area contributed by atoms with Crippen LogP contribution in [-0.4, -0.2) is 24.3 Å². The van der Waals surface area contributed by atoms with Crippen molar-refractivity contribution in [2.45, 2.75) is 92.9 Å². The summed E-state index contributed by atoms with van der Waals surface area (Å²) in [6.07, 6.45) is 9.11. The summed E-state index contributed by atoms with van der Waals surface area (Å²) < 4.78 is 13.4. The van der Waals surface area contributed by atoms with E-state index in [2.05, 4.69) is 119 Å². The fourth-order valence-corrected chi connectivity index (χ4v) is 8.75. The Bertz CT molecular complexity index is 3290. The predicted octanol–water partition coefficient (Wildman–Crippen LogP) is 15.6. The molecule has 366 valence electrons. The minimum Gasteiger partial charge on any atom is -0.492 e. The molecule has 0 aliphatic heterocycles. The molecular formula is C68H65NO4. The lowest BCUT2D eigenvalue weighted by Gasteiger charge is -2.17. The maximum absolute atomic E-state index is 11.3. The van der Waals surface area contributed by atoms with Crippen LogP contribution in [-0.2, 0) is 0 Å². The summed E-state index contributed by atoms with van der Waals surface area (Å²) in [6, 6.07) is 44.6. The summed E-state index contributed by atoms with van der Waals surface area (Å²) in [4.78, 5) is 11.3. The third-order valence-corrected chi connectivity index (χ3v) is 13.1. The van der Waals surface area contributed by atoms with Crippen molar-refractivity contribution in [3.8, 4) is 64.9 Å². The van der Waals surface area contributed by atoms with E-state index in [0.29, 0.717) is 70.6 Å². The van der Waals surface area contributed by atoms with Crippen LogP contribution in [0.2, 0.25) is 0 Å². The highest BCUT2D eigenvalue weighted by Gasteiger charge is 2.16. The Kier molecular flexibility index (Phi) is 19.0. The van der Waals surface area contributed by atoms with Gasteiger partial charge in [0.05, 0.1) is 35.5 Å². The number of ether oxygens (including phenoxy) is 2. The summed E-state index contributed by atoms with van der Waals surface area (Å²) in [6.45, 7) is 14.9. The number of hydrogen-bond acceptors (Lipinski definition) is 4. The summed E-state index contributed by atoms with van der Waals surface area (Å²) in [5, 5.41) is 23.3. The van der Waals surface area contributed by atoms with Crippen molar-refractivity contribution >= 4 is 27.5 Å². The summed E-state index contributed by atoms with van der Waals surface area (Å²) >= 11 is 0. The second-order valence-electron chi connectivity index (χ2n) is 19.9. The van der Waals surface area contributed by atoms with Crippen molar-refractivity contribution < 1.29 is 19.4 Å². The first-order chi connectivity index (χ1) is 35.4. The van der Waals surface area contributed by atoms with Crippen molar-refractivity contribution in [1.82, 2.24) is 0 Å². The van der Waals surface area contributed by atoms with Gasteiger partial charge < -0.3 is 14.6 Å². The molecule has 0 amide bonds. The van der Waals surface area contributed by atoms with Crippen LogP contribution < -0.4 is 9.47 Å². The Morgan fingerprint density at radius 2 is 0.877 bits per heavy atom. The van der Waals surface area contributed by atoms with Gasteiger partial charge in [-0.05, 0) is 113 Å². The van der Waals surface area contributed by atoms with Gasteiger partial charge in [-0.25, -0.2) is 4.79 Å². The molecule has 0 saturated heterocycles. The molecule has 2 atom stereocenters. The molecule has 1 N–H and O–H groups in total. The van der Waals surface area contributed by atoms with E-state index in [-0.39, 0.29) is 5.56 Å². The van der Waals surface area contributed by atoms with Crippen molar-refractivity contribution in [1.29, 1.82) is 5.26 Å². The molecule has 73 heavy (non-hydrogen) atoms. The number of nitriles is 1. The minimum absolute atomic E-state index is 0.195. The van der Waals surface area contributed by atoms with E-state index in [9.17, 15) is 15.2 Å². The molecule has 7 rings (SSSR count). The fourth-order valence-electron chi connectivity index (χ4n) is 8.75. The van der Waals surface area contributed by atoms with Crippen molar-refractivity contribution in [2.75, 3.05) is 13.2 Å². The number of benzene rings is 7. The fraction of sp³-hybridized carbons (Fsp3) is 0.294. The summed E-state index contributed by atoms with van der Waals surface area (Å²) in [5.74, 6) is 29.9. The first kappa shape index (κ1) is 52.7. The standard InChI is InChI=1S/C68H65NO4/c1-48(2)16-14-18-50(5)40-42-72-66-46-58(67(73-43-41-51(6)19-15-17-49(3)4)45-57(66)35-30-52-20-8-7-9-21-52)37-39-65-62-24-12-10-22-60(62)64(61-23-11-13-25-63(61)65)38-36-55-32-31-54(44-59(55)47-69)27-26-53-28-33-56(34-29-53)68(70)71/h7-13,20-25,28-29,31-34,44-46,48-51H,14-19,40-43H2,1-6H3,(H,70,71). The van der Waals surface area contributed by atoms with Gasteiger partial charge in [-0.3, -0.25) is 0 Å². The van der Waals surface area contributed by atoms with E-state index < -0.39 is 5.97 Å². The van der Waals surface area contributed by atoms with Crippen LogP contribution in [0.4, 0.5) is 0 Å². The second kappa shape index (κ2) is 26.3. The van der Waals surface area contributed by atoms with Crippen molar-refractivity contribution in [3.63, 3.8) is 0 Å². The third kappa shape index (κ3) is 15.2. The zero-order valence-corrected chi connectivity index (χ0v) is 43.2. The molecular weight excluding hydrogens is 895 g/mol. The van der Waals surface area contributed by atoms with Gasteiger partial charge >= 0.3 is 5.97 Å². The number of nitrogens with zero attached hydrogens (tertiary/aromatic N) is 1. The first-order valence-electron chi connectivity index (χ1n) is 25.8. The van der Waals surface area contributed by atoms with Crippen LogP contribution in [0.25, 0.3) is 21.5 Å². The largest absolute Gasteiger partial charge is 0.492 e.